The van der Waals surface area contributed by atoms with Crippen LogP contribution < -0.4 is 5.32 Å². The van der Waals surface area contributed by atoms with Crippen molar-refractivity contribution in [2.45, 2.75) is 26.2 Å². The lowest BCUT2D eigenvalue weighted by Crippen LogP contribution is -1.95. The summed E-state index contributed by atoms with van der Waals surface area (Å²) in [5.74, 6) is 1.71. The summed E-state index contributed by atoms with van der Waals surface area (Å²) in [5, 5.41) is 3.28. The van der Waals surface area contributed by atoms with Crippen molar-refractivity contribution in [1.29, 1.82) is 0 Å². The van der Waals surface area contributed by atoms with E-state index in [0.717, 1.165) is 18.8 Å². The van der Waals surface area contributed by atoms with Crippen molar-refractivity contribution in [3.05, 3.63) is 23.4 Å². The normalized spacial score (nSPS) is 14.6. The fraction of sp³-hybridized carbons (Fsp3) is 0.500. The van der Waals surface area contributed by atoms with Gasteiger partial charge in [-0.05, 0) is 29.5 Å². The molecule has 0 aliphatic carbocycles. The lowest BCUT2D eigenvalue weighted by Gasteiger charge is -2.09. The molecule has 0 fully saturated rings. The molecule has 2 nitrogen and oxygen atoms in total. The molecule has 2 heteroatoms. The first-order chi connectivity index (χ1) is 5.79. The van der Waals surface area contributed by atoms with Gasteiger partial charge in [-0.3, -0.25) is 0 Å². The SMILES string of the molecule is CC(C)c1ccnc2c1CCN2. The van der Waals surface area contributed by atoms with Crippen LogP contribution in [-0.2, 0) is 6.42 Å². The van der Waals surface area contributed by atoms with Crippen LogP contribution in [0.3, 0.4) is 0 Å². The molecule has 1 aliphatic heterocycles. The second-order valence-corrected chi connectivity index (χ2v) is 3.56. The third-order valence-electron chi connectivity index (χ3n) is 2.38. The molecular weight excluding hydrogens is 148 g/mol. The van der Waals surface area contributed by atoms with Crippen LogP contribution in [-0.4, -0.2) is 11.5 Å². The molecule has 1 aromatic heterocycles. The number of anilines is 1. The second kappa shape index (κ2) is 2.77. The summed E-state index contributed by atoms with van der Waals surface area (Å²) in [6.07, 6.45) is 3.03. The number of nitrogens with one attached hydrogen (secondary N) is 1. The summed E-state index contributed by atoms with van der Waals surface area (Å²) < 4.78 is 0. The number of fused-ring (bicyclic) bond motifs is 1. The van der Waals surface area contributed by atoms with E-state index in [4.69, 9.17) is 0 Å². The number of aromatic nitrogens is 1. The van der Waals surface area contributed by atoms with Crippen molar-refractivity contribution >= 4 is 5.82 Å². The lowest BCUT2D eigenvalue weighted by atomic mass is 9.98. The molecule has 1 aromatic rings. The topological polar surface area (TPSA) is 24.9 Å². The molecule has 0 aromatic carbocycles. The maximum Gasteiger partial charge on any atom is 0.129 e. The minimum Gasteiger partial charge on any atom is -0.370 e. The Labute approximate surface area is 73.0 Å². The second-order valence-electron chi connectivity index (χ2n) is 3.56. The summed E-state index contributed by atoms with van der Waals surface area (Å²) in [6.45, 7) is 5.51. The van der Waals surface area contributed by atoms with E-state index in [0.29, 0.717) is 5.92 Å². The molecule has 64 valence electrons. The monoisotopic (exact) mass is 162 g/mol. The van der Waals surface area contributed by atoms with Crippen LogP contribution in [0.5, 0.6) is 0 Å². The Balaban J connectivity index is 2.49. The van der Waals surface area contributed by atoms with Gasteiger partial charge in [-0.15, -0.1) is 0 Å². The maximum absolute atomic E-state index is 4.29. The molecule has 0 spiro atoms. The van der Waals surface area contributed by atoms with Crippen molar-refractivity contribution in [3.63, 3.8) is 0 Å². The highest BCUT2D eigenvalue weighted by molar-refractivity contribution is 5.53. The molecular formula is C10H14N2. The van der Waals surface area contributed by atoms with Crippen molar-refractivity contribution in [1.82, 2.24) is 4.98 Å². The predicted octanol–water partition coefficient (Wildman–Crippen LogP) is 2.17. The van der Waals surface area contributed by atoms with Gasteiger partial charge in [-0.1, -0.05) is 13.8 Å². The molecule has 12 heavy (non-hydrogen) atoms. The molecule has 0 unspecified atom stereocenters. The first-order valence-corrected chi connectivity index (χ1v) is 4.50. The molecule has 0 atom stereocenters. The summed E-state index contributed by atoms with van der Waals surface area (Å²) in [4.78, 5) is 4.29. The molecule has 0 saturated heterocycles. The first kappa shape index (κ1) is 7.59. The molecule has 0 amide bonds. The number of nitrogens with zero attached hydrogens (tertiary/aromatic N) is 1. The summed E-state index contributed by atoms with van der Waals surface area (Å²) >= 11 is 0. The van der Waals surface area contributed by atoms with Crippen LogP contribution in [0.2, 0.25) is 0 Å². The Kier molecular flexibility index (Phi) is 1.75. The van der Waals surface area contributed by atoms with Gasteiger partial charge in [-0.25, -0.2) is 4.98 Å². The van der Waals surface area contributed by atoms with Gasteiger partial charge in [-0.2, -0.15) is 0 Å². The van der Waals surface area contributed by atoms with E-state index in [1.54, 1.807) is 0 Å². The summed E-state index contributed by atoms with van der Waals surface area (Å²) in [5.41, 5.74) is 2.87. The third-order valence-corrected chi connectivity index (χ3v) is 2.38. The van der Waals surface area contributed by atoms with Crippen LogP contribution in [0.25, 0.3) is 0 Å². The minimum absolute atomic E-state index is 0.613. The Morgan fingerprint density at radius 2 is 2.33 bits per heavy atom. The number of rotatable bonds is 1. The largest absolute Gasteiger partial charge is 0.370 e. The standard InChI is InChI=1S/C10H14N2/c1-7(2)8-3-5-11-10-9(8)4-6-12-10/h3,5,7H,4,6H2,1-2H3,(H,11,12). The van der Waals surface area contributed by atoms with Gasteiger partial charge in [0.25, 0.3) is 0 Å². The highest BCUT2D eigenvalue weighted by Gasteiger charge is 2.16. The van der Waals surface area contributed by atoms with Gasteiger partial charge >= 0.3 is 0 Å². The fourth-order valence-electron chi connectivity index (χ4n) is 1.77. The lowest BCUT2D eigenvalue weighted by molar-refractivity contribution is 0.846. The predicted molar refractivity (Wildman–Crippen MR) is 50.5 cm³/mol. The van der Waals surface area contributed by atoms with Crippen molar-refractivity contribution in [2.75, 3.05) is 11.9 Å². The zero-order valence-electron chi connectivity index (χ0n) is 7.59. The molecule has 0 saturated carbocycles. The van der Waals surface area contributed by atoms with E-state index in [1.165, 1.54) is 11.1 Å². The third kappa shape index (κ3) is 1.07. The zero-order chi connectivity index (χ0) is 8.55. The molecule has 2 heterocycles. The van der Waals surface area contributed by atoms with E-state index >= 15 is 0 Å². The zero-order valence-corrected chi connectivity index (χ0v) is 7.59. The molecule has 1 N–H and O–H groups in total. The van der Waals surface area contributed by atoms with Gasteiger partial charge in [0.2, 0.25) is 0 Å². The number of hydrogen-bond donors (Lipinski definition) is 1. The maximum atomic E-state index is 4.29. The van der Waals surface area contributed by atoms with Gasteiger partial charge in [0.15, 0.2) is 0 Å². The fourth-order valence-corrected chi connectivity index (χ4v) is 1.77. The molecule has 0 bridgehead atoms. The van der Waals surface area contributed by atoms with Crippen LogP contribution in [0.15, 0.2) is 12.3 Å². The quantitative estimate of drug-likeness (QED) is 0.684. The molecule has 1 aliphatic rings. The summed E-state index contributed by atoms with van der Waals surface area (Å²) in [7, 11) is 0. The average Bonchev–Trinajstić information content (AvgIpc) is 2.49. The number of hydrogen-bond acceptors (Lipinski definition) is 2. The van der Waals surface area contributed by atoms with Gasteiger partial charge < -0.3 is 5.32 Å². The van der Waals surface area contributed by atoms with Gasteiger partial charge in [0.05, 0.1) is 0 Å². The first-order valence-electron chi connectivity index (χ1n) is 4.50. The minimum atomic E-state index is 0.613. The van der Waals surface area contributed by atoms with Crippen LogP contribution in [0, 0.1) is 0 Å². The van der Waals surface area contributed by atoms with Gasteiger partial charge in [0, 0.05) is 12.7 Å². The Morgan fingerprint density at radius 3 is 3.08 bits per heavy atom. The Morgan fingerprint density at radius 1 is 1.50 bits per heavy atom. The molecule has 2 rings (SSSR count). The van der Waals surface area contributed by atoms with Crippen molar-refractivity contribution in [3.8, 4) is 0 Å². The average molecular weight is 162 g/mol. The van der Waals surface area contributed by atoms with E-state index < -0.39 is 0 Å². The van der Waals surface area contributed by atoms with E-state index in [1.807, 2.05) is 6.20 Å². The highest BCUT2D eigenvalue weighted by atomic mass is 15.0. The van der Waals surface area contributed by atoms with Crippen LogP contribution in [0.1, 0.15) is 30.9 Å². The smallest absolute Gasteiger partial charge is 0.129 e. The Bertz CT molecular complexity index is 292. The van der Waals surface area contributed by atoms with Crippen molar-refractivity contribution < 1.29 is 0 Å². The van der Waals surface area contributed by atoms with Gasteiger partial charge in [0.1, 0.15) is 5.82 Å². The van der Waals surface area contributed by atoms with Crippen LogP contribution >= 0.6 is 0 Å². The van der Waals surface area contributed by atoms with E-state index in [-0.39, 0.29) is 0 Å². The van der Waals surface area contributed by atoms with E-state index in [2.05, 4.69) is 30.2 Å². The van der Waals surface area contributed by atoms with E-state index in [9.17, 15) is 0 Å². The number of pyridine rings is 1. The Hall–Kier alpha value is -1.05. The highest BCUT2D eigenvalue weighted by Crippen LogP contribution is 2.27. The van der Waals surface area contributed by atoms with Crippen LogP contribution in [0.4, 0.5) is 5.82 Å². The molecule has 0 radical (unpaired) electrons. The van der Waals surface area contributed by atoms with Crippen molar-refractivity contribution in [2.24, 2.45) is 0 Å². The summed E-state index contributed by atoms with van der Waals surface area (Å²) in [6, 6.07) is 2.14.